The minimum Gasteiger partial charge on any atom is -0.345 e. The number of rotatable bonds is 2. The van der Waals surface area contributed by atoms with Crippen LogP contribution in [0.15, 0.2) is 53.3 Å². The number of nitrogens with zero attached hydrogens (tertiary/aromatic N) is 3. The van der Waals surface area contributed by atoms with Crippen LogP contribution < -0.4 is 10.9 Å². The molecule has 1 atom stereocenters. The van der Waals surface area contributed by atoms with E-state index < -0.39 is 0 Å². The lowest BCUT2D eigenvalue weighted by molar-refractivity contribution is -0.131. The number of carbonyl (C=O) groups is 2. The van der Waals surface area contributed by atoms with Crippen molar-refractivity contribution in [3.63, 3.8) is 0 Å². The molecular formula is C22H20N4O3. The number of hydrogen-bond acceptors (Lipinski definition) is 4. The predicted octanol–water partition coefficient (Wildman–Crippen LogP) is 1.66. The van der Waals surface area contributed by atoms with Gasteiger partial charge in [-0.25, -0.2) is 4.98 Å². The van der Waals surface area contributed by atoms with Gasteiger partial charge in [0.1, 0.15) is 5.82 Å². The summed E-state index contributed by atoms with van der Waals surface area (Å²) in [5, 5.41) is 3.50. The molecule has 3 heterocycles. The summed E-state index contributed by atoms with van der Waals surface area (Å²) in [5.41, 5.74) is 2.13. The molecule has 2 aliphatic rings. The molecule has 0 radical (unpaired) electrons. The molecule has 0 spiro atoms. The first-order valence-electron chi connectivity index (χ1n) is 9.78. The average Bonchev–Trinajstić information content (AvgIpc) is 2.90. The van der Waals surface area contributed by atoms with E-state index in [9.17, 15) is 14.4 Å². The molecule has 0 aliphatic carbocycles. The molecule has 1 aromatic heterocycles. The lowest BCUT2D eigenvalue weighted by atomic mass is 10.0. The van der Waals surface area contributed by atoms with Crippen LogP contribution in [0.25, 0.3) is 10.9 Å². The number of carbonyl (C=O) groups excluding carboxylic acids is 2. The molecule has 29 heavy (non-hydrogen) atoms. The minimum atomic E-state index is -0.305. The van der Waals surface area contributed by atoms with Gasteiger partial charge >= 0.3 is 0 Å². The molecule has 0 saturated heterocycles. The van der Waals surface area contributed by atoms with E-state index in [1.807, 2.05) is 36.4 Å². The zero-order chi connectivity index (χ0) is 20.0. The van der Waals surface area contributed by atoms with Crippen LogP contribution in [0.2, 0.25) is 0 Å². The molecule has 5 rings (SSSR count). The first-order chi connectivity index (χ1) is 14.1. The van der Waals surface area contributed by atoms with Gasteiger partial charge in [-0.05, 0) is 23.8 Å². The summed E-state index contributed by atoms with van der Waals surface area (Å²) in [4.78, 5) is 44.3. The van der Waals surface area contributed by atoms with Crippen LogP contribution in [0, 0.1) is 0 Å². The topological polar surface area (TPSA) is 84.3 Å². The Kier molecular flexibility index (Phi) is 4.16. The van der Waals surface area contributed by atoms with Gasteiger partial charge in [-0.1, -0.05) is 30.3 Å². The van der Waals surface area contributed by atoms with Gasteiger partial charge < -0.3 is 10.2 Å². The lowest BCUT2D eigenvalue weighted by Crippen LogP contribution is -2.36. The van der Waals surface area contributed by atoms with Gasteiger partial charge in [0, 0.05) is 31.6 Å². The second-order valence-electron chi connectivity index (χ2n) is 7.45. The van der Waals surface area contributed by atoms with Gasteiger partial charge in [0.05, 0.1) is 23.4 Å². The van der Waals surface area contributed by atoms with E-state index in [-0.39, 0.29) is 29.8 Å². The van der Waals surface area contributed by atoms with Crippen molar-refractivity contribution in [2.24, 2.45) is 0 Å². The minimum absolute atomic E-state index is 0.0302. The van der Waals surface area contributed by atoms with E-state index in [0.29, 0.717) is 48.3 Å². The quantitative estimate of drug-likeness (QED) is 0.724. The Morgan fingerprint density at radius 3 is 2.72 bits per heavy atom. The molecule has 2 aromatic carbocycles. The van der Waals surface area contributed by atoms with Crippen molar-refractivity contribution in [1.29, 1.82) is 0 Å². The number of para-hydroxylation sites is 1. The second-order valence-corrected chi connectivity index (χ2v) is 7.45. The largest absolute Gasteiger partial charge is 0.345 e. The molecule has 0 fully saturated rings. The Hall–Kier alpha value is -3.48. The summed E-state index contributed by atoms with van der Waals surface area (Å²) in [6, 6.07) is 14.4. The first kappa shape index (κ1) is 17.6. The Labute approximate surface area is 167 Å². The van der Waals surface area contributed by atoms with Crippen molar-refractivity contribution in [3.05, 3.63) is 75.8 Å². The molecule has 7 nitrogen and oxygen atoms in total. The van der Waals surface area contributed by atoms with Crippen molar-refractivity contribution in [2.45, 2.75) is 25.4 Å². The summed E-state index contributed by atoms with van der Waals surface area (Å²) < 4.78 is 1.68. The third-order valence-electron chi connectivity index (χ3n) is 5.76. The molecule has 2 aliphatic heterocycles. The first-order valence-corrected chi connectivity index (χ1v) is 9.78. The number of benzene rings is 2. The van der Waals surface area contributed by atoms with Gasteiger partial charge in [-0.3, -0.25) is 19.0 Å². The van der Waals surface area contributed by atoms with E-state index in [4.69, 9.17) is 0 Å². The molecule has 2 amide bonds. The van der Waals surface area contributed by atoms with Crippen molar-refractivity contribution < 1.29 is 9.59 Å². The van der Waals surface area contributed by atoms with Gasteiger partial charge in [-0.2, -0.15) is 0 Å². The third-order valence-corrected chi connectivity index (χ3v) is 5.76. The van der Waals surface area contributed by atoms with E-state index >= 15 is 0 Å². The molecule has 1 N–H and O–H groups in total. The normalized spacial score (nSPS) is 18.1. The lowest BCUT2D eigenvalue weighted by Gasteiger charge is -2.22. The van der Waals surface area contributed by atoms with Crippen molar-refractivity contribution in [1.82, 2.24) is 19.8 Å². The standard InChI is InChI=1S/C22H20N4O3/c27-20(13-18-14-5-1-2-6-15(14)21(28)24-18)25-10-9-19-23-17-8-4-3-7-16(17)22(29)26(19)12-11-25/h1-8,18H,9-13H2,(H,24,28)/t18-/m0/s1. The number of hydrogen-bond donors (Lipinski definition) is 1. The van der Waals surface area contributed by atoms with Crippen LogP contribution in [0.3, 0.4) is 0 Å². The third kappa shape index (κ3) is 2.99. The van der Waals surface area contributed by atoms with Crippen LogP contribution in [0.5, 0.6) is 0 Å². The summed E-state index contributed by atoms with van der Waals surface area (Å²) in [5.74, 6) is 0.546. The monoisotopic (exact) mass is 388 g/mol. The smallest absolute Gasteiger partial charge is 0.261 e. The zero-order valence-electron chi connectivity index (χ0n) is 15.8. The van der Waals surface area contributed by atoms with Crippen LogP contribution in [-0.2, 0) is 17.8 Å². The molecular weight excluding hydrogens is 368 g/mol. The highest BCUT2D eigenvalue weighted by Gasteiger charge is 2.31. The SMILES string of the molecule is O=C1N[C@@H](CC(=O)N2CCc3nc4ccccc4c(=O)n3CC2)c2ccccc21. The predicted molar refractivity (Wildman–Crippen MR) is 108 cm³/mol. The van der Waals surface area contributed by atoms with Crippen LogP contribution in [-0.4, -0.2) is 39.4 Å². The van der Waals surface area contributed by atoms with Crippen LogP contribution >= 0.6 is 0 Å². The van der Waals surface area contributed by atoms with Gasteiger partial charge in [0.25, 0.3) is 11.5 Å². The van der Waals surface area contributed by atoms with Gasteiger partial charge in [0.2, 0.25) is 5.91 Å². The Balaban J connectivity index is 1.35. The fourth-order valence-corrected chi connectivity index (χ4v) is 4.24. The maximum Gasteiger partial charge on any atom is 0.261 e. The highest BCUT2D eigenvalue weighted by Crippen LogP contribution is 2.28. The van der Waals surface area contributed by atoms with Crippen molar-refractivity contribution >= 4 is 22.7 Å². The van der Waals surface area contributed by atoms with Gasteiger partial charge in [-0.15, -0.1) is 0 Å². The Bertz CT molecular complexity index is 1200. The van der Waals surface area contributed by atoms with Gasteiger partial charge in [0.15, 0.2) is 0 Å². The summed E-state index contributed by atoms with van der Waals surface area (Å²) in [6.45, 7) is 1.38. The van der Waals surface area contributed by atoms with Crippen LogP contribution in [0.1, 0.15) is 34.2 Å². The number of aromatic nitrogens is 2. The Morgan fingerprint density at radius 2 is 1.83 bits per heavy atom. The number of fused-ring (bicyclic) bond motifs is 3. The van der Waals surface area contributed by atoms with E-state index in [1.54, 1.807) is 21.6 Å². The number of amides is 2. The Morgan fingerprint density at radius 1 is 1.03 bits per heavy atom. The zero-order valence-corrected chi connectivity index (χ0v) is 15.8. The van der Waals surface area contributed by atoms with E-state index in [1.165, 1.54) is 0 Å². The summed E-state index contributed by atoms with van der Waals surface area (Å²) in [6.07, 6.45) is 0.739. The molecule has 7 heteroatoms. The highest BCUT2D eigenvalue weighted by atomic mass is 16.2. The summed E-state index contributed by atoms with van der Waals surface area (Å²) >= 11 is 0. The molecule has 3 aromatic rings. The average molecular weight is 388 g/mol. The van der Waals surface area contributed by atoms with Crippen molar-refractivity contribution in [2.75, 3.05) is 13.1 Å². The van der Waals surface area contributed by atoms with Crippen LogP contribution in [0.4, 0.5) is 0 Å². The summed E-state index contributed by atoms with van der Waals surface area (Å²) in [7, 11) is 0. The second kappa shape index (κ2) is 6.84. The van der Waals surface area contributed by atoms with E-state index in [2.05, 4.69) is 10.3 Å². The fraction of sp³-hybridized carbons (Fsp3) is 0.273. The number of nitrogens with one attached hydrogen (secondary N) is 1. The van der Waals surface area contributed by atoms with Crippen molar-refractivity contribution in [3.8, 4) is 0 Å². The van der Waals surface area contributed by atoms with E-state index in [0.717, 1.165) is 5.56 Å². The molecule has 0 unspecified atom stereocenters. The molecule has 0 saturated carbocycles. The maximum absolute atomic E-state index is 13.0. The molecule has 146 valence electrons. The highest BCUT2D eigenvalue weighted by molar-refractivity contribution is 5.99. The molecule has 0 bridgehead atoms. The maximum atomic E-state index is 13.0. The fourth-order valence-electron chi connectivity index (χ4n) is 4.24.